The van der Waals surface area contributed by atoms with Crippen molar-refractivity contribution in [2.75, 3.05) is 0 Å². The van der Waals surface area contributed by atoms with Crippen LogP contribution in [0.3, 0.4) is 0 Å². The van der Waals surface area contributed by atoms with Crippen LogP contribution >= 0.6 is 0 Å². The molecule has 3 heteroatoms. The smallest absolute Gasteiger partial charge is 0 e. The molecule has 0 heterocycles. The molecule has 3 rings (SSSR count). The van der Waals surface area contributed by atoms with Gasteiger partial charge < -0.3 is 9.90 Å². The maximum Gasteiger partial charge on any atom is 0 e. The molecule has 0 amide bonds. The molecule has 0 aliphatic rings. The Hall–Kier alpha value is -1.25. The first-order valence-electron chi connectivity index (χ1n) is 5.58. The first-order chi connectivity index (χ1) is 8.77. The molecular formula is C16H12O2Y-2. The predicted octanol–water partition coefficient (Wildman–Crippen LogP) is 3.71. The molecule has 0 aromatic heterocycles. The first-order valence-corrected chi connectivity index (χ1v) is 5.58. The Bertz CT molecular complexity index is 638. The molecule has 0 aliphatic heterocycles. The quantitative estimate of drug-likeness (QED) is 0.505. The van der Waals surface area contributed by atoms with E-state index < -0.39 is 0 Å². The molecule has 0 aliphatic carbocycles. The Morgan fingerprint density at radius 1 is 0.947 bits per heavy atom. The van der Waals surface area contributed by atoms with E-state index >= 15 is 0 Å². The molecule has 93 valence electrons. The summed E-state index contributed by atoms with van der Waals surface area (Å²) in [5.41, 5.74) is 1.35. The van der Waals surface area contributed by atoms with Gasteiger partial charge in [-0.15, -0.1) is 34.5 Å². The summed E-state index contributed by atoms with van der Waals surface area (Å²) in [4.78, 5) is 8.24. The molecule has 0 saturated heterocycles. The van der Waals surface area contributed by atoms with Gasteiger partial charge >= 0.3 is 0 Å². The number of aliphatic hydroxyl groups excluding tert-OH is 1. The van der Waals surface area contributed by atoms with Crippen molar-refractivity contribution in [2.24, 2.45) is 0 Å². The molecule has 0 unspecified atom stereocenters. The molecule has 0 atom stereocenters. The average Bonchev–Trinajstić information content (AvgIpc) is 2.40. The molecule has 2 nitrogen and oxygen atoms in total. The number of hydrogen-bond acceptors (Lipinski definition) is 1. The van der Waals surface area contributed by atoms with Crippen molar-refractivity contribution in [3.63, 3.8) is 0 Å². The fraction of sp³-hybridized carbons (Fsp3) is 0.0625. The molecule has 3 aromatic rings. The van der Waals surface area contributed by atoms with Gasteiger partial charge in [0.1, 0.15) is 0 Å². The summed E-state index contributed by atoms with van der Waals surface area (Å²) in [6.07, 6.45) is 0. The second kappa shape index (κ2) is 7.37. The van der Waals surface area contributed by atoms with Gasteiger partial charge in [-0.3, -0.25) is 0 Å². The minimum absolute atomic E-state index is 0. The number of fused-ring (bicyclic) bond motifs is 2. The standard InChI is InChI=1S/C15H11.CHO2.Y/c1-11-14-8-4-2-6-12(14)10-13-7-3-5-9-15(11)13;2-1-3;/h2-9H,1H3;(H,2,3);/q2*-1;. The van der Waals surface area contributed by atoms with Crippen LogP contribution in [0.25, 0.3) is 21.5 Å². The van der Waals surface area contributed by atoms with Crippen LogP contribution in [-0.2, 0) is 37.5 Å². The molecule has 0 fully saturated rings. The van der Waals surface area contributed by atoms with Crippen molar-refractivity contribution in [1.29, 1.82) is 0 Å². The molecule has 1 radical (unpaired) electrons. The van der Waals surface area contributed by atoms with Crippen molar-refractivity contribution in [2.45, 2.75) is 6.92 Å². The molecule has 1 N–H and O–H groups in total. The molecule has 0 bridgehead atoms. The summed E-state index contributed by atoms with van der Waals surface area (Å²) in [5.74, 6) is 0. The monoisotopic (exact) mass is 325 g/mol. The Labute approximate surface area is 137 Å². The summed E-state index contributed by atoms with van der Waals surface area (Å²) < 4.78 is 0. The second-order valence-corrected chi connectivity index (χ2v) is 3.93. The van der Waals surface area contributed by atoms with Gasteiger partial charge in [0.25, 0.3) is 0 Å². The van der Waals surface area contributed by atoms with Crippen LogP contribution in [0.1, 0.15) is 5.56 Å². The van der Waals surface area contributed by atoms with Gasteiger partial charge in [-0.1, -0.05) is 60.6 Å². The minimum atomic E-state index is 0. The Balaban J connectivity index is 0.000000416. The first kappa shape index (κ1) is 15.8. The Morgan fingerprint density at radius 3 is 1.74 bits per heavy atom. The molecule has 0 spiro atoms. The van der Waals surface area contributed by atoms with Crippen LogP contribution in [0.4, 0.5) is 0 Å². The van der Waals surface area contributed by atoms with Crippen LogP contribution in [0.15, 0.2) is 48.5 Å². The van der Waals surface area contributed by atoms with Crippen LogP contribution in [0.2, 0.25) is 0 Å². The van der Waals surface area contributed by atoms with Gasteiger partial charge in [0.15, 0.2) is 0 Å². The van der Waals surface area contributed by atoms with Gasteiger partial charge in [0, 0.05) is 32.7 Å². The maximum absolute atomic E-state index is 8.24. The zero-order chi connectivity index (χ0) is 13.0. The molecular weight excluding hydrogens is 313 g/mol. The van der Waals surface area contributed by atoms with E-state index in [0.29, 0.717) is 6.47 Å². The van der Waals surface area contributed by atoms with Crippen molar-refractivity contribution in [1.82, 2.24) is 0 Å². The number of benzene rings is 3. The van der Waals surface area contributed by atoms with Crippen molar-refractivity contribution in [3.05, 3.63) is 60.2 Å². The predicted molar refractivity (Wildman–Crippen MR) is 73.3 cm³/mol. The van der Waals surface area contributed by atoms with Crippen LogP contribution in [0, 0.1) is 13.0 Å². The largest absolute Gasteiger partial charge is 0.665 e. The van der Waals surface area contributed by atoms with Gasteiger partial charge in [0.2, 0.25) is 0 Å². The second-order valence-electron chi connectivity index (χ2n) is 3.93. The van der Waals surface area contributed by atoms with E-state index in [1.165, 1.54) is 27.1 Å². The minimum Gasteiger partial charge on any atom is -0.665 e. The van der Waals surface area contributed by atoms with E-state index in [9.17, 15) is 0 Å². The summed E-state index contributed by atoms with van der Waals surface area (Å²) in [6, 6.07) is 20.3. The van der Waals surface area contributed by atoms with Gasteiger partial charge in [-0.2, -0.15) is 0 Å². The summed E-state index contributed by atoms with van der Waals surface area (Å²) in [5, 5.41) is 11.8. The summed E-state index contributed by atoms with van der Waals surface area (Å²) in [7, 11) is 0. The molecule has 19 heavy (non-hydrogen) atoms. The zero-order valence-corrected chi connectivity index (χ0v) is 13.4. The summed E-state index contributed by atoms with van der Waals surface area (Å²) >= 11 is 0. The Kier molecular flexibility index (Phi) is 6.13. The Morgan fingerprint density at radius 2 is 1.32 bits per heavy atom. The van der Waals surface area contributed by atoms with Gasteiger partial charge in [0.05, 0.1) is 0 Å². The van der Waals surface area contributed by atoms with E-state index in [1.807, 2.05) is 0 Å². The SMILES string of the molecule is Cc1c2ccccc2[c-]c2ccccc12.O=[C-]O.[Y]. The van der Waals surface area contributed by atoms with E-state index in [4.69, 9.17) is 9.90 Å². The van der Waals surface area contributed by atoms with Crippen molar-refractivity contribution < 1.29 is 42.6 Å². The fourth-order valence-corrected chi connectivity index (χ4v) is 2.13. The van der Waals surface area contributed by atoms with Crippen LogP contribution in [0.5, 0.6) is 0 Å². The third-order valence-electron chi connectivity index (χ3n) is 2.93. The maximum atomic E-state index is 8.24. The normalized spacial score (nSPS) is 9.32. The topological polar surface area (TPSA) is 37.3 Å². The van der Waals surface area contributed by atoms with Crippen molar-refractivity contribution in [3.8, 4) is 0 Å². The molecule has 0 saturated carbocycles. The van der Waals surface area contributed by atoms with E-state index in [0.717, 1.165) is 0 Å². The van der Waals surface area contributed by atoms with Crippen LogP contribution < -0.4 is 0 Å². The summed E-state index contributed by atoms with van der Waals surface area (Å²) in [6.45, 7) is 2.68. The average molecular weight is 325 g/mol. The number of rotatable bonds is 0. The van der Waals surface area contributed by atoms with E-state index in [2.05, 4.69) is 61.5 Å². The zero-order valence-electron chi connectivity index (χ0n) is 10.6. The third-order valence-corrected chi connectivity index (χ3v) is 2.93. The van der Waals surface area contributed by atoms with Crippen molar-refractivity contribution >= 4 is 28.0 Å². The van der Waals surface area contributed by atoms with Gasteiger partial charge in [-0.05, 0) is 0 Å². The number of hydrogen-bond donors (Lipinski definition) is 1. The van der Waals surface area contributed by atoms with Gasteiger partial charge in [-0.25, -0.2) is 0 Å². The van der Waals surface area contributed by atoms with E-state index in [-0.39, 0.29) is 32.7 Å². The van der Waals surface area contributed by atoms with Crippen LogP contribution in [-0.4, -0.2) is 11.6 Å². The van der Waals surface area contributed by atoms with E-state index in [1.54, 1.807) is 0 Å². The fourth-order valence-electron chi connectivity index (χ4n) is 2.13. The number of aryl methyl sites for hydroxylation is 1. The molecule has 3 aromatic carbocycles. The third kappa shape index (κ3) is 3.40.